The number of hydrogen-bond acceptors (Lipinski definition) is 1. The predicted molar refractivity (Wildman–Crippen MR) is 43.4 cm³/mol. The third kappa shape index (κ3) is 6.26. The second-order valence-electron chi connectivity index (χ2n) is 2.13. The van der Waals surface area contributed by atoms with Gasteiger partial charge < -0.3 is 0 Å². The molecule has 4 heteroatoms. The van der Waals surface area contributed by atoms with Crippen molar-refractivity contribution in [2.24, 2.45) is 0 Å². The summed E-state index contributed by atoms with van der Waals surface area (Å²) in [5, 5.41) is 0. The molecule has 66 valence electrons. The van der Waals surface area contributed by atoms with Crippen molar-refractivity contribution in [3.05, 3.63) is 12.7 Å². The minimum Gasteiger partial charge on any atom is -0.293 e. The summed E-state index contributed by atoms with van der Waals surface area (Å²) in [7, 11) is 0. The molecule has 0 spiro atoms. The van der Waals surface area contributed by atoms with Gasteiger partial charge >= 0.3 is 0 Å². The Labute approximate surface area is 70.6 Å². The predicted octanol–water partition coefficient (Wildman–Crippen LogP) is 1.98. The maximum atomic E-state index is 11.8. The number of alkyl halides is 3. The van der Waals surface area contributed by atoms with Gasteiger partial charge in [-0.2, -0.15) is 0 Å². The molecule has 0 aliphatic rings. The molecule has 1 nitrogen and oxygen atoms in total. The van der Waals surface area contributed by atoms with Crippen molar-refractivity contribution in [2.45, 2.75) is 6.43 Å². The van der Waals surface area contributed by atoms with Crippen LogP contribution in [0, 0.1) is 0 Å². The largest absolute Gasteiger partial charge is 0.293 e. The highest BCUT2D eigenvalue weighted by Crippen LogP contribution is 1.98. The minimum absolute atomic E-state index is 0.223. The second-order valence-corrected chi connectivity index (χ2v) is 2.51. The topological polar surface area (TPSA) is 3.24 Å². The average molecular weight is 184 g/mol. The van der Waals surface area contributed by atoms with Crippen molar-refractivity contribution in [2.75, 3.05) is 25.5 Å². The lowest BCUT2D eigenvalue weighted by Gasteiger charge is -2.17. The number of halogens is 3. The summed E-state index contributed by atoms with van der Waals surface area (Å²) in [6.45, 7) is 4.19. The van der Waals surface area contributed by atoms with Gasteiger partial charge in [-0.05, 0) is 0 Å². The third-order valence-corrected chi connectivity index (χ3v) is 1.35. The van der Waals surface area contributed by atoms with Crippen LogP contribution >= 0.6 is 11.6 Å². The summed E-state index contributed by atoms with van der Waals surface area (Å²) in [6, 6.07) is 0. The van der Waals surface area contributed by atoms with E-state index < -0.39 is 6.43 Å². The zero-order valence-electron chi connectivity index (χ0n) is 6.27. The molecular formula is C7H12ClF2N. The van der Waals surface area contributed by atoms with E-state index in [9.17, 15) is 8.78 Å². The molecule has 0 radical (unpaired) electrons. The zero-order chi connectivity index (χ0) is 8.69. The molecule has 0 heterocycles. The molecular weight excluding hydrogens is 172 g/mol. The molecule has 0 aromatic rings. The van der Waals surface area contributed by atoms with E-state index in [0.717, 1.165) is 0 Å². The van der Waals surface area contributed by atoms with Gasteiger partial charge in [0.05, 0.1) is 6.54 Å². The van der Waals surface area contributed by atoms with E-state index in [-0.39, 0.29) is 6.54 Å². The molecule has 0 aromatic carbocycles. The number of hydrogen-bond donors (Lipinski definition) is 0. The summed E-state index contributed by atoms with van der Waals surface area (Å²) in [6.07, 6.45) is -0.701. The van der Waals surface area contributed by atoms with Gasteiger partial charge in [-0.3, -0.25) is 4.90 Å². The van der Waals surface area contributed by atoms with Crippen molar-refractivity contribution in [1.29, 1.82) is 0 Å². The molecule has 0 aromatic heterocycles. The SMILES string of the molecule is C=CCN(CCCl)CC(F)F. The molecule has 0 aliphatic heterocycles. The van der Waals surface area contributed by atoms with E-state index in [1.807, 2.05) is 0 Å². The first-order valence-electron chi connectivity index (χ1n) is 3.38. The Morgan fingerprint density at radius 1 is 1.55 bits per heavy atom. The van der Waals surface area contributed by atoms with Crippen LogP contribution in [0.4, 0.5) is 8.78 Å². The van der Waals surface area contributed by atoms with Gasteiger partial charge in [-0.1, -0.05) is 6.08 Å². The van der Waals surface area contributed by atoms with Crippen LogP contribution < -0.4 is 0 Å². The van der Waals surface area contributed by atoms with Crippen molar-refractivity contribution in [3.8, 4) is 0 Å². The van der Waals surface area contributed by atoms with Crippen LogP contribution in [0.1, 0.15) is 0 Å². The van der Waals surface area contributed by atoms with E-state index in [0.29, 0.717) is 19.0 Å². The van der Waals surface area contributed by atoms with Crippen LogP contribution in [-0.4, -0.2) is 36.8 Å². The summed E-state index contributed by atoms with van der Waals surface area (Å²) in [5.74, 6) is 0.376. The molecule has 0 saturated heterocycles. The average Bonchev–Trinajstić information content (AvgIpc) is 1.87. The van der Waals surface area contributed by atoms with Gasteiger partial charge in [0, 0.05) is 19.0 Å². The summed E-state index contributed by atoms with van der Waals surface area (Å²) in [4.78, 5) is 1.56. The molecule has 0 unspecified atom stereocenters. The molecule has 0 rings (SSSR count). The van der Waals surface area contributed by atoms with E-state index in [1.54, 1.807) is 11.0 Å². The van der Waals surface area contributed by atoms with Crippen molar-refractivity contribution >= 4 is 11.6 Å². The highest BCUT2D eigenvalue weighted by Gasteiger charge is 2.08. The van der Waals surface area contributed by atoms with E-state index in [2.05, 4.69) is 6.58 Å². The molecule has 0 atom stereocenters. The Kier molecular flexibility index (Phi) is 6.46. The highest BCUT2D eigenvalue weighted by atomic mass is 35.5. The standard InChI is InChI=1S/C7H12ClF2N/c1-2-4-11(5-3-8)6-7(9)10/h2,7H,1,3-6H2. The zero-order valence-corrected chi connectivity index (χ0v) is 7.03. The van der Waals surface area contributed by atoms with E-state index in [4.69, 9.17) is 11.6 Å². The first-order valence-corrected chi connectivity index (χ1v) is 3.91. The molecule has 0 fully saturated rings. The Hall–Kier alpha value is -0.150. The van der Waals surface area contributed by atoms with E-state index >= 15 is 0 Å². The van der Waals surface area contributed by atoms with Crippen molar-refractivity contribution in [1.82, 2.24) is 4.90 Å². The van der Waals surface area contributed by atoms with Crippen LogP contribution in [0.2, 0.25) is 0 Å². The van der Waals surface area contributed by atoms with Gasteiger partial charge in [0.1, 0.15) is 0 Å². The minimum atomic E-state index is -2.29. The molecule has 0 amide bonds. The Morgan fingerprint density at radius 3 is 2.55 bits per heavy atom. The van der Waals surface area contributed by atoms with Gasteiger partial charge in [0.15, 0.2) is 0 Å². The van der Waals surface area contributed by atoms with Gasteiger partial charge in [-0.15, -0.1) is 18.2 Å². The van der Waals surface area contributed by atoms with Crippen LogP contribution in [0.3, 0.4) is 0 Å². The normalized spacial score (nSPS) is 11.0. The van der Waals surface area contributed by atoms with Gasteiger partial charge in [0.2, 0.25) is 0 Å². The highest BCUT2D eigenvalue weighted by molar-refractivity contribution is 6.18. The Morgan fingerprint density at radius 2 is 2.18 bits per heavy atom. The first-order chi connectivity index (χ1) is 5.20. The smallest absolute Gasteiger partial charge is 0.251 e. The molecule has 11 heavy (non-hydrogen) atoms. The Bertz CT molecular complexity index is 109. The third-order valence-electron chi connectivity index (χ3n) is 1.18. The number of rotatable bonds is 6. The van der Waals surface area contributed by atoms with Crippen molar-refractivity contribution in [3.63, 3.8) is 0 Å². The van der Waals surface area contributed by atoms with Crippen LogP contribution in [0.5, 0.6) is 0 Å². The lowest BCUT2D eigenvalue weighted by Crippen LogP contribution is -2.30. The second kappa shape index (κ2) is 6.55. The first kappa shape index (κ1) is 10.8. The quantitative estimate of drug-likeness (QED) is 0.450. The number of nitrogens with zero attached hydrogens (tertiary/aromatic N) is 1. The van der Waals surface area contributed by atoms with Gasteiger partial charge in [0.25, 0.3) is 6.43 Å². The molecule has 0 bridgehead atoms. The van der Waals surface area contributed by atoms with E-state index in [1.165, 1.54) is 0 Å². The molecule has 0 saturated carbocycles. The lowest BCUT2D eigenvalue weighted by molar-refractivity contribution is 0.0967. The fourth-order valence-electron chi connectivity index (χ4n) is 0.754. The van der Waals surface area contributed by atoms with Crippen LogP contribution in [0.15, 0.2) is 12.7 Å². The summed E-state index contributed by atoms with van der Waals surface area (Å²) >= 11 is 5.39. The molecule has 0 N–H and O–H groups in total. The maximum absolute atomic E-state index is 11.8. The lowest BCUT2D eigenvalue weighted by atomic mass is 10.4. The van der Waals surface area contributed by atoms with Crippen molar-refractivity contribution < 1.29 is 8.78 Å². The van der Waals surface area contributed by atoms with Crippen LogP contribution in [0.25, 0.3) is 0 Å². The van der Waals surface area contributed by atoms with Crippen LogP contribution in [-0.2, 0) is 0 Å². The Balaban J connectivity index is 3.58. The fraction of sp³-hybridized carbons (Fsp3) is 0.714. The maximum Gasteiger partial charge on any atom is 0.251 e. The summed E-state index contributed by atoms with van der Waals surface area (Å²) in [5.41, 5.74) is 0. The van der Waals surface area contributed by atoms with Gasteiger partial charge in [-0.25, -0.2) is 8.78 Å². The monoisotopic (exact) mass is 183 g/mol. The summed E-state index contributed by atoms with van der Waals surface area (Å²) < 4.78 is 23.6. The molecule has 0 aliphatic carbocycles. The fourth-order valence-corrected chi connectivity index (χ4v) is 0.993.